The molecule has 1 aliphatic rings. The minimum atomic E-state index is 0.537. The quantitative estimate of drug-likeness (QED) is 0.684. The zero-order valence-electron chi connectivity index (χ0n) is 8.30. The van der Waals surface area contributed by atoms with E-state index < -0.39 is 0 Å². The Hall–Kier alpha value is -0.730. The molecule has 0 bridgehead atoms. The van der Waals surface area contributed by atoms with Crippen molar-refractivity contribution in [2.24, 2.45) is 0 Å². The summed E-state index contributed by atoms with van der Waals surface area (Å²) in [4.78, 5) is 4.60. The fourth-order valence-corrected chi connectivity index (χ4v) is 2.52. The Labute approximate surface area is 97.8 Å². The fraction of sp³-hybridized carbons (Fsp3) is 0.364. The molecule has 1 aliphatic heterocycles. The molecule has 4 heteroatoms. The molecule has 0 spiro atoms. The maximum Gasteiger partial charge on any atom is 0.112 e. The number of benzene rings is 1. The number of aryl methyl sites for hydroxylation is 1. The maximum absolute atomic E-state index is 6.01. The van der Waals surface area contributed by atoms with E-state index in [9.17, 15) is 0 Å². The van der Waals surface area contributed by atoms with Crippen molar-refractivity contribution < 1.29 is 0 Å². The number of nitrogens with zero attached hydrogens (tertiary/aromatic N) is 2. The van der Waals surface area contributed by atoms with E-state index in [4.69, 9.17) is 23.2 Å². The van der Waals surface area contributed by atoms with Crippen LogP contribution in [0, 0.1) is 0 Å². The van der Waals surface area contributed by atoms with Gasteiger partial charge in [0.15, 0.2) is 0 Å². The van der Waals surface area contributed by atoms with Crippen molar-refractivity contribution in [1.29, 1.82) is 0 Å². The highest BCUT2D eigenvalue weighted by Gasteiger charge is 2.23. The molecule has 0 unspecified atom stereocenters. The van der Waals surface area contributed by atoms with Gasteiger partial charge in [0, 0.05) is 12.5 Å². The van der Waals surface area contributed by atoms with Gasteiger partial charge in [-0.2, -0.15) is 0 Å². The summed E-state index contributed by atoms with van der Waals surface area (Å²) in [6, 6.07) is 3.75. The van der Waals surface area contributed by atoms with E-state index in [1.165, 1.54) is 6.42 Å². The van der Waals surface area contributed by atoms with E-state index in [0.29, 0.717) is 16.0 Å². The van der Waals surface area contributed by atoms with Crippen molar-refractivity contribution in [3.8, 4) is 0 Å². The van der Waals surface area contributed by atoms with Gasteiger partial charge in [0.1, 0.15) is 5.82 Å². The average Bonchev–Trinajstić information content (AvgIpc) is 2.70. The first-order valence-corrected chi connectivity index (χ1v) is 5.77. The highest BCUT2D eigenvalue weighted by molar-refractivity contribution is 6.42. The van der Waals surface area contributed by atoms with Crippen LogP contribution >= 0.6 is 23.2 Å². The maximum atomic E-state index is 6.01. The molecule has 78 valence electrons. The van der Waals surface area contributed by atoms with Crippen molar-refractivity contribution in [1.82, 2.24) is 9.55 Å². The monoisotopic (exact) mass is 240 g/mol. The minimum Gasteiger partial charge on any atom is -0.328 e. The van der Waals surface area contributed by atoms with Gasteiger partial charge in [-0.1, -0.05) is 30.1 Å². The van der Waals surface area contributed by atoms with Gasteiger partial charge in [-0.3, -0.25) is 0 Å². The van der Waals surface area contributed by atoms with Crippen molar-refractivity contribution in [2.45, 2.75) is 25.8 Å². The number of hydrogen-bond donors (Lipinski definition) is 0. The minimum absolute atomic E-state index is 0.537. The molecule has 0 fully saturated rings. The van der Waals surface area contributed by atoms with E-state index in [2.05, 4.69) is 16.5 Å². The Kier molecular flexibility index (Phi) is 1.98. The number of hydrogen-bond acceptors (Lipinski definition) is 1. The topological polar surface area (TPSA) is 17.8 Å². The van der Waals surface area contributed by atoms with Crippen LogP contribution < -0.4 is 0 Å². The van der Waals surface area contributed by atoms with Crippen molar-refractivity contribution >= 4 is 34.2 Å². The molecule has 0 saturated carbocycles. The van der Waals surface area contributed by atoms with E-state index in [1.807, 2.05) is 12.1 Å². The number of fused-ring (bicyclic) bond motifs is 3. The predicted molar refractivity (Wildman–Crippen MR) is 62.8 cm³/mol. The van der Waals surface area contributed by atoms with Gasteiger partial charge < -0.3 is 4.57 Å². The molecular formula is C11H10Cl2N2. The number of halogens is 2. The molecule has 0 amide bonds. The molecule has 1 aromatic carbocycles. The summed E-state index contributed by atoms with van der Waals surface area (Å²) in [6.45, 7) is 3.24. The summed E-state index contributed by atoms with van der Waals surface area (Å²) in [5.74, 6) is 1.69. The van der Waals surface area contributed by atoms with Crippen molar-refractivity contribution in [3.05, 3.63) is 28.0 Å². The highest BCUT2D eigenvalue weighted by Crippen LogP contribution is 2.34. The molecule has 3 rings (SSSR count). The third-order valence-corrected chi connectivity index (χ3v) is 3.77. The lowest BCUT2D eigenvalue weighted by molar-refractivity contribution is 0.710. The van der Waals surface area contributed by atoms with Crippen LogP contribution in [0.4, 0.5) is 0 Å². The first-order valence-electron chi connectivity index (χ1n) is 5.02. The van der Waals surface area contributed by atoms with Gasteiger partial charge in [-0.15, -0.1) is 0 Å². The zero-order chi connectivity index (χ0) is 10.6. The van der Waals surface area contributed by atoms with Gasteiger partial charge in [0.2, 0.25) is 0 Å². The molecule has 1 atom stereocenters. The first-order chi connectivity index (χ1) is 7.16. The zero-order valence-corrected chi connectivity index (χ0v) is 9.81. The molecule has 0 radical (unpaired) electrons. The summed E-state index contributed by atoms with van der Waals surface area (Å²) in [5, 5.41) is 1.18. The lowest BCUT2D eigenvalue weighted by Gasteiger charge is -1.99. The number of rotatable bonds is 0. The number of imidazole rings is 1. The van der Waals surface area contributed by atoms with Crippen LogP contribution in [-0.4, -0.2) is 9.55 Å². The van der Waals surface area contributed by atoms with Crippen LogP contribution in [0.1, 0.15) is 25.1 Å². The van der Waals surface area contributed by atoms with Crippen molar-refractivity contribution in [2.75, 3.05) is 0 Å². The standard InChI is InChI=1S/C11H10Cl2N2/c1-6-2-3-15-10-5-8(13)7(12)4-9(10)14-11(6)15/h4-6H,2-3H2,1H3/t6-/m1/s1. The van der Waals surface area contributed by atoms with Gasteiger partial charge in [0.25, 0.3) is 0 Å². The smallest absolute Gasteiger partial charge is 0.112 e. The van der Waals surface area contributed by atoms with Crippen LogP contribution in [0.5, 0.6) is 0 Å². The Balaban J connectivity index is 2.35. The first kappa shape index (κ1) is 9.49. The van der Waals surface area contributed by atoms with Gasteiger partial charge in [-0.25, -0.2) is 4.98 Å². The molecule has 0 saturated heterocycles. The van der Waals surface area contributed by atoms with Crippen LogP contribution in [-0.2, 0) is 6.54 Å². The summed E-state index contributed by atoms with van der Waals surface area (Å²) in [7, 11) is 0. The fourth-order valence-electron chi connectivity index (χ4n) is 2.20. The van der Waals surface area contributed by atoms with Crippen molar-refractivity contribution in [3.63, 3.8) is 0 Å². The molecule has 1 aromatic heterocycles. The Morgan fingerprint density at radius 3 is 2.87 bits per heavy atom. The average molecular weight is 241 g/mol. The molecule has 15 heavy (non-hydrogen) atoms. The van der Waals surface area contributed by atoms with Gasteiger partial charge >= 0.3 is 0 Å². The lowest BCUT2D eigenvalue weighted by Crippen LogP contribution is -1.91. The van der Waals surface area contributed by atoms with Crippen LogP contribution in [0.15, 0.2) is 12.1 Å². The second kappa shape index (κ2) is 3.13. The third-order valence-electron chi connectivity index (χ3n) is 3.05. The van der Waals surface area contributed by atoms with E-state index in [1.54, 1.807) is 0 Å². The molecule has 0 N–H and O–H groups in total. The largest absolute Gasteiger partial charge is 0.328 e. The van der Waals surface area contributed by atoms with Gasteiger partial charge in [-0.05, 0) is 18.6 Å². The van der Waals surface area contributed by atoms with Crippen LogP contribution in [0.25, 0.3) is 11.0 Å². The molecule has 2 heterocycles. The third kappa shape index (κ3) is 1.28. The Morgan fingerprint density at radius 1 is 1.33 bits per heavy atom. The second-order valence-electron chi connectivity index (χ2n) is 4.07. The van der Waals surface area contributed by atoms with E-state index in [-0.39, 0.29) is 0 Å². The molecule has 0 aliphatic carbocycles. The Bertz CT molecular complexity index is 545. The summed E-state index contributed by atoms with van der Waals surface area (Å²) in [6.07, 6.45) is 1.17. The highest BCUT2D eigenvalue weighted by atomic mass is 35.5. The lowest BCUT2D eigenvalue weighted by atomic mass is 10.1. The summed E-state index contributed by atoms with van der Waals surface area (Å²) in [5.41, 5.74) is 2.05. The number of aromatic nitrogens is 2. The van der Waals surface area contributed by atoms with Crippen LogP contribution in [0.3, 0.4) is 0 Å². The summed E-state index contributed by atoms with van der Waals surface area (Å²) >= 11 is 12.0. The normalized spacial score (nSPS) is 19.8. The second-order valence-corrected chi connectivity index (χ2v) is 4.88. The van der Waals surface area contributed by atoms with E-state index >= 15 is 0 Å². The van der Waals surface area contributed by atoms with E-state index in [0.717, 1.165) is 23.4 Å². The molecular weight excluding hydrogens is 231 g/mol. The molecule has 2 nitrogen and oxygen atoms in total. The molecule has 2 aromatic rings. The van der Waals surface area contributed by atoms with Crippen LogP contribution in [0.2, 0.25) is 10.0 Å². The predicted octanol–water partition coefficient (Wildman–Crippen LogP) is 3.85. The SMILES string of the molecule is C[C@@H]1CCn2c1nc1cc(Cl)c(Cl)cc12. The Morgan fingerprint density at radius 2 is 2.07 bits per heavy atom. The summed E-state index contributed by atoms with van der Waals surface area (Å²) < 4.78 is 2.24. The van der Waals surface area contributed by atoms with Gasteiger partial charge in [0.05, 0.1) is 21.1 Å².